The quantitative estimate of drug-likeness (QED) is 0.482. The van der Waals surface area contributed by atoms with Crippen molar-refractivity contribution < 1.29 is 9.90 Å². The number of carbonyl (C=O) groups excluding carboxylic acids is 1. The molecule has 8 heteroatoms. The molecule has 2 aromatic heterocycles. The summed E-state index contributed by atoms with van der Waals surface area (Å²) >= 11 is 0. The highest BCUT2D eigenvalue weighted by atomic mass is 16.3. The Bertz CT molecular complexity index is 1020. The molecule has 7 N–H and O–H groups in total. The van der Waals surface area contributed by atoms with Gasteiger partial charge in [0.05, 0.1) is 22.9 Å². The Morgan fingerprint density at radius 1 is 1.35 bits per heavy atom. The fraction of sp³-hybridized carbons (Fsp3) is 0.222. The molecule has 1 aliphatic rings. The maximum atomic E-state index is 12.1. The number of aromatic nitrogens is 2. The van der Waals surface area contributed by atoms with E-state index in [1.807, 2.05) is 19.1 Å². The number of phenolic OH excluding ortho intramolecular Hbond substituents is 1. The number of hydrogen-bond donors (Lipinski definition) is 5. The predicted molar refractivity (Wildman–Crippen MR) is 98.9 cm³/mol. The highest BCUT2D eigenvalue weighted by Gasteiger charge is 2.25. The van der Waals surface area contributed by atoms with Crippen molar-refractivity contribution in [2.75, 3.05) is 12.3 Å². The molecule has 1 aromatic carbocycles. The van der Waals surface area contributed by atoms with Gasteiger partial charge in [-0.25, -0.2) is 10.4 Å². The number of benzene rings is 1. The van der Waals surface area contributed by atoms with E-state index >= 15 is 0 Å². The molecule has 3 heterocycles. The fourth-order valence-corrected chi connectivity index (χ4v) is 3.44. The molecule has 1 amide bonds. The zero-order chi connectivity index (χ0) is 18.4. The number of nitrogens with two attached hydrogens (primary N) is 2. The third-order valence-corrected chi connectivity index (χ3v) is 4.74. The van der Waals surface area contributed by atoms with E-state index in [1.54, 1.807) is 22.8 Å². The number of nitrogens with zero attached hydrogens (tertiary/aromatic N) is 2. The number of primary amides is 1. The Kier molecular flexibility index (Phi) is 3.78. The number of phenols is 1. The Balaban J connectivity index is 2.00. The first-order valence-electron chi connectivity index (χ1n) is 8.36. The summed E-state index contributed by atoms with van der Waals surface area (Å²) in [6.07, 6.45) is 0.895. The number of hydrazine groups is 1. The lowest BCUT2D eigenvalue weighted by Crippen LogP contribution is -2.25. The van der Waals surface area contributed by atoms with Gasteiger partial charge in [-0.1, -0.05) is 6.07 Å². The van der Waals surface area contributed by atoms with E-state index in [0.29, 0.717) is 16.7 Å². The third-order valence-electron chi connectivity index (χ3n) is 4.74. The van der Waals surface area contributed by atoms with Gasteiger partial charge in [0.1, 0.15) is 22.6 Å². The molecule has 0 aliphatic carbocycles. The minimum atomic E-state index is -0.633. The summed E-state index contributed by atoms with van der Waals surface area (Å²) in [5.41, 5.74) is 21.8. The van der Waals surface area contributed by atoms with Crippen LogP contribution >= 0.6 is 0 Å². The normalized spacial score (nSPS) is 17.0. The number of nitrogen functional groups attached to an aromatic ring is 1. The van der Waals surface area contributed by atoms with Crippen LogP contribution in [0.2, 0.25) is 0 Å². The maximum absolute atomic E-state index is 12.1. The minimum Gasteiger partial charge on any atom is -0.508 e. The number of aryl methyl sites for hydroxylation is 1. The van der Waals surface area contributed by atoms with Crippen LogP contribution in [-0.2, 0) is 0 Å². The number of aromatic hydroxyl groups is 1. The molecular formula is C18H20N6O2. The van der Waals surface area contributed by atoms with E-state index in [1.165, 1.54) is 0 Å². The van der Waals surface area contributed by atoms with Crippen molar-refractivity contribution in [2.24, 2.45) is 5.73 Å². The standard InChI is InChI=1S/C18H20N6O2/c1-9-2-3-10(25)8-14(9)24-13-5-4-11(12-6-7-21-23-12)22-16(13)15(17(24)19)18(20)26/h2-5,8,12,21,23,25H,6-7,19H2,1H3,(H2,20,26). The molecule has 26 heavy (non-hydrogen) atoms. The molecule has 0 radical (unpaired) electrons. The SMILES string of the molecule is Cc1ccc(O)cc1-n1c(N)c(C(N)=O)c2nc(C3CCNN3)ccc21. The Hall–Kier alpha value is -3.10. The molecule has 4 rings (SSSR count). The second-order valence-corrected chi connectivity index (χ2v) is 6.45. The molecule has 1 unspecified atom stereocenters. The van der Waals surface area contributed by atoms with Crippen LogP contribution < -0.4 is 22.3 Å². The van der Waals surface area contributed by atoms with E-state index in [9.17, 15) is 9.90 Å². The Morgan fingerprint density at radius 2 is 2.15 bits per heavy atom. The number of carbonyl (C=O) groups is 1. The summed E-state index contributed by atoms with van der Waals surface area (Å²) in [6, 6.07) is 8.84. The van der Waals surface area contributed by atoms with Gasteiger partial charge >= 0.3 is 0 Å². The van der Waals surface area contributed by atoms with Crippen molar-refractivity contribution in [2.45, 2.75) is 19.4 Å². The number of anilines is 1. The van der Waals surface area contributed by atoms with E-state index in [0.717, 1.165) is 24.2 Å². The van der Waals surface area contributed by atoms with E-state index in [-0.39, 0.29) is 23.2 Å². The molecule has 1 atom stereocenters. The van der Waals surface area contributed by atoms with Crippen LogP contribution in [0.5, 0.6) is 5.75 Å². The van der Waals surface area contributed by atoms with Crippen LogP contribution in [0.15, 0.2) is 30.3 Å². The number of hydrogen-bond acceptors (Lipinski definition) is 6. The number of amides is 1. The fourth-order valence-electron chi connectivity index (χ4n) is 3.44. The van der Waals surface area contributed by atoms with Gasteiger partial charge in [0.25, 0.3) is 5.91 Å². The molecule has 1 saturated heterocycles. The van der Waals surface area contributed by atoms with Crippen LogP contribution in [0.4, 0.5) is 5.82 Å². The smallest absolute Gasteiger partial charge is 0.254 e. The summed E-state index contributed by atoms with van der Waals surface area (Å²) < 4.78 is 1.71. The van der Waals surface area contributed by atoms with Crippen molar-refractivity contribution in [1.29, 1.82) is 0 Å². The minimum absolute atomic E-state index is 0.0622. The van der Waals surface area contributed by atoms with Crippen LogP contribution in [0.3, 0.4) is 0 Å². The molecule has 3 aromatic rings. The molecule has 134 valence electrons. The molecule has 8 nitrogen and oxygen atoms in total. The number of fused-ring (bicyclic) bond motifs is 1. The molecule has 1 aliphatic heterocycles. The van der Waals surface area contributed by atoms with Crippen molar-refractivity contribution in [3.63, 3.8) is 0 Å². The summed E-state index contributed by atoms with van der Waals surface area (Å²) in [5.74, 6) is -0.312. The number of nitrogens with one attached hydrogen (secondary N) is 2. The summed E-state index contributed by atoms with van der Waals surface area (Å²) in [4.78, 5) is 16.7. The average Bonchev–Trinajstić information content (AvgIpc) is 3.22. The van der Waals surface area contributed by atoms with Crippen molar-refractivity contribution in [1.82, 2.24) is 20.4 Å². The highest BCUT2D eigenvalue weighted by Crippen LogP contribution is 2.34. The second kappa shape index (κ2) is 6.01. The molecule has 1 fully saturated rings. The molecule has 0 saturated carbocycles. The summed E-state index contributed by atoms with van der Waals surface area (Å²) in [5, 5.41) is 9.89. The molecule has 0 bridgehead atoms. The first kappa shape index (κ1) is 16.4. The monoisotopic (exact) mass is 352 g/mol. The zero-order valence-electron chi connectivity index (χ0n) is 14.3. The van der Waals surface area contributed by atoms with Gasteiger partial charge in [0.2, 0.25) is 0 Å². The summed E-state index contributed by atoms with van der Waals surface area (Å²) in [7, 11) is 0. The Morgan fingerprint density at radius 3 is 2.85 bits per heavy atom. The van der Waals surface area contributed by atoms with Crippen LogP contribution in [0.1, 0.15) is 34.1 Å². The third kappa shape index (κ3) is 2.47. The Labute approximate surface area is 149 Å². The van der Waals surface area contributed by atoms with E-state index < -0.39 is 5.91 Å². The number of rotatable bonds is 3. The van der Waals surface area contributed by atoms with Crippen LogP contribution in [0, 0.1) is 6.92 Å². The maximum Gasteiger partial charge on any atom is 0.254 e. The largest absolute Gasteiger partial charge is 0.508 e. The lowest BCUT2D eigenvalue weighted by atomic mass is 10.1. The second-order valence-electron chi connectivity index (χ2n) is 6.45. The van der Waals surface area contributed by atoms with Gasteiger partial charge in [0.15, 0.2) is 0 Å². The summed E-state index contributed by atoms with van der Waals surface area (Å²) in [6.45, 7) is 2.75. The van der Waals surface area contributed by atoms with Crippen molar-refractivity contribution in [3.8, 4) is 11.4 Å². The zero-order valence-corrected chi connectivity index (χ0v) is 14.3. The van der Waals surface area contributed by atoms with Crippen molar-refractivity contribution in [3.05, 3.63) is 47.2 Å². The van der Waals surface area contributed by atoms with Crippen LogP contribution in [-0.4, -0.2) is 27.1 Å². The van der Waals surface area contributed by atoms with Gasteiger partial charge in [0, 0.05) is 12.6 Å². The van der Waals surface area contributed by atoms with Gasteiger partial charge in [-0.3, -0.25) is 14.8 Å². The van der Waals surface area contributed by atoms with Crippen molar-refractivity contribution >= 4 is 22.8 Å². The first-order chi connectivity index (χ1) is 12.5. The predicted octanol–water partition coefficient (Wildman–Crippen LogP) is 1.26. The first-order valence-corrected chi connectivity index (χ1v) is 8.36. The molecule has 0 spiro atoms. The van der Waals surface area contributed by atoms with E-state index in [2.05, 4.69) is 15.8 Å². The number of pyridine rings is 1. The van der Waals surface area contributed by atoms with Crippen LogP contribution in [0.25, 0.3) is 16.7 Å². The topological polar surface area (TPSA) is 131 Å². The molecular weight excluding hydrogens is 332 g/mol. The van der Waals surface area contributed by atoms with Gasteiger partial charge in [-0.2, -0.15) is 0 Å². The van der Waals surface area contributed by atoms with Gasteiger partial charge in [-0.15, -0.1) is 0 Å². The van der Waals surface area contributed by atoms with Gasteiger partial charge < -0.3 is 16.6 Å². The highest BCUT2D eigenvalue weighted by molar-refractivity contribution is 6.10. The average molecular weight is 352 g/mol. The lowest BCUT2D eigenvalue weighted by Gasteiger charge is -2.12. The van der Waals surface area contributed by atoms with E-state index in [4.69, 9.17) is 11.5 Å². The lowest BCUT2D eigenvalue weighted by molar-refractivity contribution is 0.100. The van der Waals surface area contributed by atoms with Gasteiger partial charge in [-0.05, 0) is 37.1 Å².